The summed E-state index contributed by atoms with van der Waals surface area (Å²) >= 11 is 1.65. The molecule has 0 aliphatic heterocycles. The maximum absolute atomic E-state index is 12.6. The van der Waals surface area contributed by atoms with Gasteiger partial charge in [-0.25, -0.2) is 4.79 Å². The van der Waals surface area contributed by atoms with E-state index in [1.54, 1.807) is 23.5 Å². The molecule has 1 aromatic heterocycles. The number of nitrogens with zero attached hydrogens (tertiary/aromatic N) is 1. The molecule has 0 aliphatic carbocycles. The molecule has 0 aliphatic rings. The van der Waals surface area contributed by atoms with E-state index >= 15 is 0 Å². The zero-order valence-electron chi connectivity index (χ0n) is 12.7. The Labute approximate surface area is 134 Å². The van der Waals surface area contributed by atoms with Crippen LogP contribution in [0.15, 0.2) is 41.1 Å². The summed E-state index contributed by atoms with van der Waals surface area (Å²) in [6, 6.07) is 8.24. The van der Waals surface area contributed by atoms with Crippen LogP contribution in [0, 0.1) is 0 Å². The molecule has 116 valence electrons. The third kappa shape index (κ3) is 3.74. The van der Waals surface area contributed by atoms with E-state index in [0.717, 1.165) is 6.42 Å². The van der Waals surface area contributed by atoms with Crippen LogP contribution in [0.1, 0.15) is 40.1 Å². The van der Waals surface area contributed by atoms with E-state index in [9.17, 15) is 9.59 Å². The lowest BCUT2D eigenvalue weighted by Gasteiger charge is -2.28. The van der Waals surface area contributed by atoms with Crippen LogP contribution >= 0.6 is 11.3 Å². The monoisotopic (exact) mass is 317 g/mol. The highest BCUT2D eigenvalue weighted by Gasteiger charge is 2.20. The summed E-state index contributed by atoms with van der Waals surface area (Å²) in [5, 5.41) is 13.0. The Morgan fingerprint density at radius 3 is 2.32 bits per heavy atom. The zero-order valence-corrected chi connectivity index (χ0v) is 13.5. The number of rotatable bonds is 6. The third-order valence-electron chi connectivity index (χ3n) is 3.62. The number of hydrogen-bond donors (Lipinski definition) is 1. The molecular formula is C17H19NO3S. The molecule has 2 aromatic rings. The van der Waals surface area contributed by atoms with E-state index in [1.165, 1.54) is 17.7 Å². The number of carbonyl (C=O) groups is 2. The molecule has 1 N–H and O–H groups in total. The number of hydrogen-bond acceptors (Lipinski definition) is 3. The number of carboxylic acids is 1. The molecule has 2 rings (SSSR count). The Morgan fingerprint density at radius 2 is 1.82 bits per heavy atom. The predicted octanol–water partition coefficient (Wildman–Crippen LogP) is 3.54. The summed E-state index contributed by atoms with van der Waals surface area (Å²) in [6.45, 7) is 4.60. The summed E-state index contributed by atoms with van der Waals surface area (Å²) in [4.78, 5) is 25.3. The second-order valence-electron chi connectivity index (χ2n) is 5.16. The van der Waals surface area contributed by atoms with E-state index in [2.05, 4.69) is 11.4 Å². The summed E-state index contributed by atoms with van der Waals surface area (Å²) in [6.07, 6.45) is 0.816. The van der Waals surface area contributed by atoms with Crippen molar-refractivity contribution in [1.29, 1.82) is 0 Å². The van der Waals surface area contributed by atoms with Crippen molar-refractivity contribution in [3.05, 3.63) is 57.8 Å². The van der Waals surface area contributed by atoms with Crippen molar-refractivity contribution in [1.82, 2.24) is 4.90 Å². The molecular weight excluding hydrogens is 298 g/mol. The second kappa shape index (κ2) is 7.22. The molecule has 0 saturated carbocycles. The highest BCUT2D eigenvalue weighted by Crippen LogP contribution is 2.15. The first kappa shape index (κ1) is 16.2. The molecule has 4 nitrogen and oxygen atoms in total. The molecule has 1 aromatic carbocycles. The summed E-state index contributed by atoms with van der Waals surface area (Å²) in [5.41, 5.74) is 1.93. The number of aromatic carboxylic acids is 1. The maximum Gasteiger partial charge on any atom is 0.335 e. The number of carboxylic acid groups (broad SMARTS) is 1. The minimum Gasteiger partial charge on any atom is -0.478 e. The summed E-state index contributed by atoms with van der Waals surface area (Å²) in [7, 11) is 0. The third-order valence-corrected chi connectivity index (χ3v) is 4.36. The van der Waals surface area contributed by atoms with Crippen molar-refractivity contribution in [3.8, 4) is 0 Å². The van der Waals surface area contributed by atoms with Crippen molar-refractivity contribution in [3.63, 3.8) is 0 Å². The van der Waals surface area contributed by atoms with Gasteiger partial charge < -0.3 is 10.0 Å². The van der Waals surface area contributed by atoms with Crippen molar-refractivity contribution in [2.75, 3.05) is 6.54 Å². The molecule has 22 heavy (non-hydrogen) atoms. The van der Waals surface area contributed by atoms with Gasteiger partial charge in [-0.05, 0) is 66.9 Å². The van der Waals surface area contributed by atoms with E-state index < -0.39 is 5.97 Å². The van der Waals surface area contributed by atoms with E-state index in [1.807, 2.05) is 24.1 Å². The normalized spacial score (nSPS) is 11.9. The van der Waals surface area contributed by atoms with E-state index in [-0.39, 0.29) is 17.5 Å². The fraction of sp³-hybridized carbons (Fsp3) is 0.294. The Balaban J connectivity index is 2.12. The topological polar surface area (TPSA) is 57.6 Å². The van der Waals surface area contributed by atoms with Gasteiger partial charge in [0.25, 0.3) is 5.91 Å². The minimum atomic E-state index is -0.989. The van der Waals surface area contributed by atoms with E-state index in [0.29, 0.717) is 12.1 Å². The molecule has 0 bridgehead atoms. The SMILES string of the molecule is CCN(C(=O)c1ccc(C(=O)O)cc1)C(C)Cc1ccsc1. The zero-order chi connectivity index (χ0) is 16.1. The largest absolute Gasteiger partial charge is 0.478 e. The minimum absolute atomic E-state index is 0.0674. The van der Waals surface area contributed by atoms with Gasteiger partial charge in [0, 0.05) is 18.2 Å². The van der Waals surface area contributed by atoms with Gasteiger partial charge in [-0.3, -0.25) is 4.79 Å². The van der Waals surface area contributed by atoms with Crippen molar-refractivity contribution in [2.24, 2.45) is 0 Å². The Morgan fingerprint density at radius 1 is 1.18 bits per heavy atom. The van der Waals surface area contributed by atoms with Crippen LogP contribution in [0.3, 0.4) is 0 Å². The van der Waals surface area contributed by atoms with Crippen LogP contribution < -0.4 is 0 Å². The van der Waals surface area contributed by atoms with Crippen molar-refractivity contribution in [2.45, 2.75) is 26.3 Å². The van der Waals surface area contributed by atoms with Gasteiger partial charge in [0.1, 0.15) is 0 Å². The molecule has 0 spiro atoms. The fourth-order valence-electron chi connectivity index (χ4n) is 2.44. The lowest BCUT2D eigenvalue weighted by atomic mass is 10.1. The van der Waals surface area contributed by atoms with Crippen molar-refractivity contribution >= 4 is 23.2 Å². The number of benzene rings is 1. The van der Waals surface area contributed by atoms with Gasteiger partial charge in [0.2, 0.25) is 0 Å². The van der Waals surface area contributed by atoms with Gasteiger partial charge in [-0.15, -0.1) is 0 Å². The van der Waals surface area contributed by atoms with Gasteiger partial charge >= 0.3 is 5.97 Å². The summed E-state index contributed by atoms with van der Waals surface area (Å²) in [5.74, 6) is -1.06. The number of amides is 1. The van der Waals surface area contributed by atoms with Crippen LogP contribution in [-0.2, 0) is 6.42 Å². The highest BCUT2D eigenvalue weighted by molar-refractivity contribution is 7.07. The van der Waals surface area contributed by atoms with Crippen molar-refractivity contribution < 1.29 is 14.7 Å². The first-order valence-corrected chi connectivity index (χ1v) is 8.12. The maximum atomic E-state index is 12.6. The molecule has 1 heterocycles. The standard InChI is InChI=1S/C17H19NO3S/c1-3-18(12(2)10-13-8-9-22-11-13)16(19)14-4-6-15(7-5-14)17(20)21/h4-9,11-12H,3,10H2,1-2H3,(H,20,21). The lowest BCUT2D eigenvalue weighted by Crippen LogP contribution is -2.39. The van der Waals surface area contributed by atoms with Crippen LogP contribution in [0.2, 0.25) is 0 Å². The number of likely N-dealkylation sites (N-methyl/N-ethyl adjacent to an activating group) is 1. The molecule has 1 amide bonds. The quantitative estimate of drug-likeness (QED) is 0.886. The van der Waals surface area contributed by atoms with Gasteiger partial charge in [0.05, 0.1) is 5.56 Å². The average molecular weight is 317 g/mol. The fourth-order valence-corrected chi connectivity index (χ4v) is 3.12. The number of carbonyl (C=O) groups excluding carboxylic acids is 1. The van der Waals surface area contributed by atoms with Gasteiger partial charge in [0.15, 0.2) is 0 Å². The molecule has 1 atom stereocenters. The smallest absolute Gasteiger partial charge is 0.335 e. The predicted molar refractivity (Wildman–Crippen MR) is 87.6 cm³/mol. The Bertz CT molecular complexity index is 634. The van der Waals surface area contributed by atoms with Gasteiger partial charge in [-0.2, -0.15) is 11.3 Å². The highest BCUT2D eigenvalue weighted by atomic mass is 32.1. The Hall–Kier alpha value is -2.14. The molecule has 5 heteroatoms. The van der Waals surface area contributed by atoms with Crippen LogP contribution in [0.25, 0.3) is 0 Å². The molecule has 0 fully saturated rings. The lowest BCUT2D eigenvalue weighted by molar-refractivity contribution is 0.0685. The van der Waals surface area contributed by atoms with Gasteiger partial charge in [-0.1, -0.05) is 0 Å². The first-order valence-electron chi connectivity index (χ1n) is 7.18. The second-order valence-corrected chi connectivity index (χ2v) is 5.94. The molecule has 1 unspecified atom stereocenters. The first-order chi connectivity index (χ1) is 10.5. The van der Waals surface area contributed by atoms with Crippen LogP contribution in [-0.4, -0.2) is 34.5 Å². The van der Waals surface area contributed by atoms with Crippen LogP contribution in [0.5, 0.6) is 0 Å². The summed E-state index contributed by atoms with van der Waals surface area (Å²) < 4.78 is 0. The Kier molecular flexibility index (Phi) is 5.33. The number of thiophene rings is 1. The molecule has 0 saturated heterocycles. The van der Waals surface area contributed by atoms with E-state index in [4.69, 9.17) is 5.11 Å². The average Bonchev–Trinajstić information content (AvgIpc) is 3.00. The van der Waals surface area contributed by atoms with Crippen LogP contribution in [0.4, 0.5) is 0 Å². The molecule has 0 radical (unpaired) electrons.